The molecule has 0 radical (unpaired) electrons. The Balaban J connectivity index is 1.85. The molecule has 2 aromatic carbocycles. The molecule has 3 rings (SSSR count). The smallest absolute Gasteiger partial charge is 0.329 e. The maximum absolute atomic E-state index is 13.8. The summed E-state index contributed by atoms with van der Waals surface area (Å²) >= 11 is 3.43. The third kappa shape index (κ3) is 4.48. The second-order valence-corrected chi connectivity index (χ2v) is 6.95. The Hall–Kier alpha value is -3.13. The molecule has 0 aliphatic carbocycles. The van der Waals surface area contributed by atoms with E-state index in [9.17, 15) is 14.0 Å². The normalized spacial score (nSPS) is 14.9. The number of methoxy groups -OCH3 is 1. The summed E-state index contributed by atoms with van der Waals surface area (Å²) in [7, 11) is 1.48. The van der Waals surface area contributed by atoms with Crippen molar-refractivity contribution in [3.8, 4) is 11.5 Å². The molecule has 1 N–H and O–H groups in total. The zero-order valence-electron chi connectivity index (χ0n) is 15.6. The van der Waals surface area contributed by atoms with Gasteiger partial charge in [-0.1, -0.05) is 40.2 Å². The number of hydrogen-bond donors (Lipinski definition) is 1. The highest BCUT2D eigenvalue weighted by molar-refractivity contribution is 9.10. The number of urea groups is 1. The van der Waals surface area contributed by atoms with Crippen molar-refractivity contribution < 1.29 is 23.5 Å². The van der Waals surface area contributed by atoms with Gasteiger partial charge in [0.15, 0.2) is 11.5 Å². The molecule has 1 aliphatic heterocycles. The van der Waals surface area contributed by atoms with Gasteiger partial charge in [0.05, 0.1) is 7.11 Å². The number of nitrogens with zero attached hydrogens (tertiary/aromatic N) is 1. The van der Waals surface area contributed by atoms with E-state index < -0.39 is 11.9 Å². The van der Waals surface area contributed by atoms with E-state index in [1.807, 2.05) is 0 Å². The average molecular weight is 461 g/mol. The van der Waals surface area contributed by atoms with Crippen LogP contribution in [0.3, 0.4) is 0 Å². The first kappa shape index (κ1) is 20.6. The first-order valence-corrected chi connectivity index (χ1v) is 9.43. The van der Waals surface area contributed by atoms with E-state index >= 15 is 0 Å². The molecule has 0 aromatic heterocycles. The summed E-state index contributed by atoms with van der Waals surface area (Å²) in [6, 6.07) is 9.15. The predicted octanol–water partition coefficient (Wildman–Crippen LogP) is 4.25. The second-order valence-electron chi connectivity index (χ2n) is 6.10. The zero-order valence-corrected chi connectivity index (χ0v) is 17.2. The third-order valence-electron chi connectivity index (χ3n) is 4.20. The van der Waals surface area contributed by atoms with Gasteiger partial charge in [0.1, 0.15) is 18.1 Å². The van der Waals surface area contributed by atoms with E-state index in [2.05, 4.69) is 27.8 Å². The summed E-state index contributed by atoms with van der Waals surface area (Å²) in [5.74, 6) is 0.00283. The fourth-order valence-electron chi connectivity index (χ4n) is 2.73. The molecule has 8 heteroatoms. The van der Waals surface area contributed by atoms with Gasteiger partial charge in [-0.25, -0.2) is 9.18 Å². The molecule has 1 fully saturated rings. The number of benzene rings is 2. The predicted molar refractivity (Wildman–Crippen MR) is 110 cm³/mol. The lowest BCUT2D eigenvalue weighted by Crippen LogP contribution is -2.30. The molecular weight excluding hydrogens is 443 g/mol. The van der Waals surface area contributed by atoms with Crippen LogP contribution in [0.2, 0.25) is 0 Å². The van der Waals surface area contributed by atoms with E-state index in [0.717, 1.165) is 4.90 Å². The Morgan fingerprint density at radius 3 is 2.69 bits per heavy atom. The molecule has 0 bridgehead atoms. The van der Waals surface area contributed by atoms with Gasteiger partial charge in [0, 0.05) is 16.6 Å². The summed E-state index contributed by atoms with van der Waals surface area (Å²) in [5, 5.41) is 2.54. The molecule has 0 unspecified atom stereocenters. The van der Waals surface area contributed by atoms with Crippen molar-refractivity contribution in [2.24, 2.45) is 0 Å². The molecule has 150 valence electrons. The van der Waals surface area contributed by atoms with Crippen LogP contribution in [0.5, 0.6) is 11.5 Å². The van der Waals surface area contributed by atoms with Crippen LogP contribution in [0.1, 0.15) is 11.1 Å². The van der Waals surface area contributed by atoms with Crippen LogP contribution >= 0.6 is 15.9 Å². The number of imide groups is 1. The molecule has 1 aliphatic rings. The molecule has 0 spiro atoms. The van der Waals surface area contributed by atoms with Crippen LogP contribution in [0, 0.1) is 5.82 Å². The Labute approximate surface area is 175 Å². The number of ether oxygens (including phenoxy) is 2. The fourth-order valence-corrected chi connectivity index (χ4v) is 3.16. The molecule has 0 atom stereocenters. The lowest BCUT2D eigenvalue weighted by Gasteiger charge is -2.13. The maximum Gasteiger partial charge on any atom is 0.329 e. The SMILES string of the molecule is C=CCN1C(=O)N/C(=C/c2cc(OC)c(OCc3ccccc3F)cc2Br)C1=O. The minimum absolute atomic E-state index is 0.0287. The largest absolute Gasteiger partial charge is 0.493 e. The average Bonchev–Trinajstić information content (AvgIpc) is 2.96. The van der Waals surface area contributed by atoms with E-state index in [-0.39, 0.29) is 24.7 Å². The summed E-state index contributed by atoms with van der Waals surface area (Å²) in [4.78, 5) is 25.3. The van der Waals surface area contributed by atoms with Crippen LogP contribution in [0.25, 0.3) is 6.08 Å². The lowest BCUT2D eigenvalue weighted by atomic mass is 10.1. The van der Waals surface area contributed by atoms with Crippen molar-refractivity contribution in [1.29, 1.82) is 0 Å². The first-order chi connectivity index (χ1) is 13.9. The van der Waals surface area contributed by atoms with Gasteiger partial charge in [-0.3, -0.25) is 9.69 Å². The van der Waals surface area contributed by atoms with Crippen LogP contribution in [0.15, 0.2) is 59.2 Å². The van der Waals surface area contributed by atoms with Crippen molar-refractivity contribution in [3.05, 3.63) is 76.2 Å². The quantitative estimate of drug-likeness (QED) is 0.380. The summed E-state index contributed by atoms with van der Waals surface area (Å²) in [5.41, 5.74) is 1.15. The molecule has 2 aromatic rings. The summed E-state index contributed by atoms with van der Waals surface area (Å²) in [6.45, 7) is 3.69. The number of nitrogens with one attached hydrogen (secondary N) is 1. The fraction of sp³-hybridized carbons (Fsp3) is 0.143. The number of amides is 3. The van der Waals surface area contributed by atoms with Crippen LogP contribution < -0.4 is 14.8 Å². The van der Waals surface area contributed by atoms with Crippen molar-refractivity contribution in [3.63, 3.8) is 0 Å². The van der Waals surface area contributed by atoms with E-state index in [0.29, 0.717) is 27.1 Å². The standard InChI is InChI=1S/C21H18BrFN2O4/c1-3-8-25-20(26)17(24-21(25)27)9-14-10-18(28-2)19(11-15(14)22)29-12-13-6-4-5-7-16(13)23/h3-7,9-11H,1,8,12H2,2H3,(H,24,27)/b17-9+. The Kier molecular flexibility index (Phi) is 6.33. The maximum atomic E-state index is 13.8. The van der Waals surface area contributed by atoms with Crippen molar-refractivity contribution >= 4 is 33.9 Å². The van der Waals surface area contributed by atoms with Crippen molar-refractivity contribution in [1.82, 2.24) is 10.2 Å². The molecule has 1 saturated heterocycles. The number of carbonyl (C=O) groups excluding carboxylic acids is 2. The molecule has 29 heavy (non-hydrogen) atoms. The molecule has 3 amide bonds. The van der Waals surface area contributed by atoms with Crippen LogP contribution in [-0.2, 0) is 11.4 Å². The highest BCUT2D eigenvalue weighted by atomic mass is 79.9. The minimum Gasteiger partial charge on any atom is -0.493 e. The van der Waals surface area contributed by atoms with Crippen LogP contribution in [0.4, 0.5) is 9.18 Å². The van der Waals surface area contributed by atoms with Crippen molar-refractivity contribution in [2.45, 2.75) is 6.61 Å². The summed E-state index contributed by atoms with van der Waals surface area (Å²) in [6.07, 6.45) is 3.01. The van der Waals surface area contributed by atoms with E-state index in [4.69, 9.17) is 9.47 Å². The Morgan fingerprint density at radius 2 is 2.00 bits per heavy atom. The number of halogens is 2. The molecule has 6 nitrogen and oxygen atoms in total. The highest BCUT2D eigenvalue weighted by Crippen LogP contribution is 2.35. The van der Waals surface area contributed by atoms with Gasteiger partial charge in [-0.05, 0) is 29.8 Å². The topological polar surface area (TPSA) is 67.9 Å². The Bertz CT molecular complexity index is 1010. The molecule has 0 saturated carbocycles. The summed E-state index contributed by atoms with van der Waals surface area (Å²) < 4.78 is 25.5. The van der Waals surface area contributed by atoms with E-state index in [1.54, 1.807) is 30.3 Å². The second kappa shape index (κ2) is 8.91. The lowest BCUT2D eigenvalue weighted by molar-refractivity contribution is -0.122. The minimum atomic E-state index is -0.505. The van der Waals surface area contributed by atoms with Crippen molar-refractivity contribution in [2.75, 3.05) is 13.7 Å². The number of carbonyl (C=O) groups is 2. The van der Waals surface area contributed by atoms with E-state index in [1.165, 1.54) is 25.3 Å². The van der Waals surface area contributed by atoms with Gasteiger partial charge in [-0.2, -0.15) is 0 Å². The van der Waals surface area contributed by atoms with Gasteiger partial charge in [0.2, 0.25) is 0 Å². The van der Waals surface area contributed by atoms with Gasteiger partial charge in [-0.15, -0.1) is 6.58 Å². The monoisotopic (exact) mass is 460 g/mol. The first-order valence-electron chi connectivity index (χ1n) is 8.63. The van der Waals surface area contributed by atoms with Gasteiger partial charge >= 0.3 is 6.03 Å². The van der Waals surface area contributed by atoms with Gasteiger partial charge < -0.3 is 14.8 Å². The number of hydrogen-bond acceptors (Lipinski definition) is 4. The van der Waals surface area contributed by atoms with Gasteiger partial charge in [0.25, 0.3) is 5.91 Å². The molecule has 1 heterocycles. The third-order valence-corrected chi connectivity index (χ3v) is 4.88. The zero-order chi connectivity index (χ0) is 21.0. The van der Waals surface area contributed by atoms with Crippen LogP contribution in [-0.4, -0.2) is 30.5 Å². The number of rotatable bonds is 7. The highest BCUT2D eigenvalue weighted by Gasteiger charge is 2.32. The Morgan fingerprint density at radius 1 is 1.24 bits per heavy atom. The molecular formula is C21H18BrFN2O4.